The summed E-state index contributed by atoms with van der Waals surface area (Å²) >= 11 is 6.07. The van der Waals surface area contributed by atoms with Crippen molar-refractivity contribution in [2.24, 2.45) is 0 Å². The molecule has 5 heteroatoms. The van der Waals surface area contributed by atoms with Gasteiger partial charge in [-0.15, -0.1) is 0 Å². The molecular weight excluding hydrogens is 312 g/mol. The lowest BCUT2D eigenvalue weighted by molar-refractivity contribution is -0.114. The standard InChI is InChI=1S/C18H21ClN2O2/c1-11-6-5-7-15(13(11)3)20-10-18(22)21-16-8-12(2)14(19)9-17(16)23-4/h5-9,20H,10H2,1-4H3,(H,21,22). The zero-order chi connectivity index (χ0) is 17.0. The van der Waals surface area contributed by atoms with Gasteiger partial charge in [0.1, 0.15) is 5.75 Å². The van der Waals surface area contributed by atoms with E-state index in [0.717, 1.165) is 16.8 Å². The highest BCUT2D eigenvalue weighted by Gasteiger charge is 2.11. The first-order valence-corrected chi connectivity index (χ1v) is 7.74. The summed E-state index contributed by atoms with van der Waals surface area (Å²) in [4.78, 5) is 12.2. The van der Waals surface area contributed by atoms with Gasteiger partial charge in [0, 0.05) is 16.8 Å². The third kappa shape index (κ3) is 4.17. The van der Waals surface area contributed by atoms with E-state index in [1.807, 2.05) is 39.0 Å². The average molecular weight is 333 g/mol. The van der Waals surface area contributed by atoms with Crippen LogP contribution in [0.1, 0.15) is 16.7 Å². The van der Waals surface area contributed by atoms with E-state index in [1.165, 1.54) is 5.56 Å². The number of halogens is 1. The maximum absolute atomic E-state index is 12.2. The Labute approximate surface area is 141 Å². The van der Waals surface area contributed by atoms with Crippen LogP contribution in [0.4, 0.5) is 11.4 Å². The summed E-state index contributed by atoms with van der Waals surface area (Å²) in [6.45, 7) is 6.13. The predicted molar refractivity (Wildman–Crippen MR) is 95.8 cm³/mol. The molecule has 0 radical (unpaired) electrons. The van der Waals surface area contributed by atoms with E-state index in [2.05, 4.69) is 10.6 Å². The van der Waals surface area contributed by atoms with Gasteiger partial charge in [-0.3, -0.25) is 4.79 Å². The average Bonchev–Trinajstić information content (AvgIpc) is 2.52. The summed E-state index contributed by atoms with van der Waals surface area (Å²) in [6, 6.07) is 9.47. The summed E-state index contributed by atoms with van der Waals surface area (Å²) < 4.78 is 5.26. The molecule has 0 spiro atoms. The quantitative estimate of drug-likeness (QED) is 0.857. The molecule has 2 aromatic rings. The number of aryl methyl sites for hydroxylation is 2. The number of rotatable bonds is 5. The Bertz CT molecular complexity index is 729. The Morgan fingerprint density at radius 2 is 1.87 bits per heavy atom. The lowest BCUT2D eigenvalue weighted by Gasteiger charge is -2.14. The molecule has 0 aliphatic rings. The number of hydrogen-bond donors (Lipinski definition) is 2. The summed E-state index contributed by atoms with van der Waals surface area (Å²) in [7, 11) is 1.55. The fraction of sp³-hybridized carbons (Fsp3) is 0.278. The van der Waals surface area contributed by atoms with Crippen LogP contribution in [-0.2, 0) is 4.79 Å². The topological polar surface area (TPSA) is 50.4 Å². The van der Waals surface area contributed by atoms with Gasteiger partial charge in [-0.2, -0.15) is 0 Å². The first-order valence-electron chi connectivity index (χ1n) is 7.36. The van der Waals surface area contributed by atoms with Gasteiger partial charge in [0.2, 0.25) is 5.91 Å². The Morgan fingerprint density at radius 1 is 1.13 bits per heavy atom. The third-order valence-electron chi connectivity index (χ3n) is 3.80. The van der Waals surface area contributed by atoms with Crippen LogP contribution in [0.15, 0.2) is 30.3 Å². The summed E-state index contributed by atoms with van der Waals surface area (Å²) in [5.41, 5.74) is 4.78. The van der Waals surface area contributed by atoms with Gasteiger partial charge in [0.25, 0.3) is 0 Å². The predicted octanol–water partition coefficient (Wildman–Crippen LogP) is 4.32. The molecule has 1 amide bonds. The second-order valence-corrected chi connectivity index (χ2v) is 5.86. The minimum Gasteiger partial charge on any atom is -0.495 e. The molecule has 0 atom stereocenters. The fourth-order valence-electron chi connectivity index (χ4n) is 2.24. The maximum Gasteiger partial charge on any atom is 0.243 e. The molecule has 23 heavy (non-hydrogen) atoms. The molecule has 0 saturated heterocycles. The molecule has 0 unspecified atom stereocenters. The van der Waals surface area contributed by atoms with Gasteiger partial charge in [0.15, 0.2) is 0 Å². The normalized spacial score (nSPS) is 10.3. The van der Waals surface area contributed by atoms with Crippen LogP contribution in [0, 0.1) is 20.8 Å². The molecule has 2 aromatic carbocycles. The van der Waals surface area contributed by atoms with Gasteiger partial charge in [-0.25, -0.2) is 0 Å². The van der Waals surface area contributed by atoms with E-state index in [1.54, 1.807) is 19.2 Å². The van der Waals surface area contributed by atoms with Crippen molar-refractivity contribution in [1.29, 1.82) is 0 Å². The lowest BCUT2D eigenvalue weighted by atomic mass is 10.1. The molecule has 122 valence electrons. The maximum atomic E-state index is 12.2. The molecule has 0 fully saturated rings. The van der Waals surface area contributed by atoms with E-state index in [9.17, 15) is 4.79 Å². The van der Waals surface area contributed by atoms with Gasteiger partial charge in [-0.1, -0.05) is 23.7 Å². The lowest BCUT2D eigenvalue weighted by Crippen LogP contribution is -2.22. The van der Waals surface area contributed by atoms with Crippen LogP contribution in [0.5, 0.6) is 5.75 Å². The van der Waals surface area contributed by atoms with Gasteiger partial charge < -0.3 is 15.4 Å². The van der Waals surface area contributed by atoms with Crippen molar-refractivity contribution in [2.45, 2.75) is 20.8 Å². The number of amides is 1. The third-order valence-corrected chi connectivity index (χ3v) is 4.21. The number of ether oxygens (including phenoxy) is 1. The van der Waals surface area contributed by atoms with Gasteiger partial charge >= 0.3 is 0 Å². The van der Waals surface area contributed by atoms with Crippen LogP contribution < -0.4 is 15.4 Å². The van der Waals surface area contributed by atoms with Crippen molar-refractivity contribution >= 4 is 28.9 Å². The van der Waals surface area contributed by atoms with E-state index < -0.39 is 0 Å². The summed E-state index contributed by atoms with van der Waals surface area (Å²) in [5, 5.41) is 6.61. The van der Waals surface area contributed by atoms with Crippen LogP contribution in [0.25, 0.3) is 0 Å². The number of carbonyl (C=O) groups excluding carboxylic acids is 1. The van der Waals surface area contributed by atoms with Gasteiger partial charge in [-0.05, 0) is 49.6 Å². The van der Waals surface area contributed by atoms with Crippen molar-refractivity contribution in [3.8, 4) is 5.75 Å². The highest BCUT2D eigenvalue weighted by Crippen LogP contribution is 2.30. The van der Waals surface area contributed by atoms with E-state index in [4.69, 9.17) is 16.3 Å². The molecule has 4 nitrogen and oxygen atoms in total. The number of anilines is 2. The molecule has 0 bridgehead atoms. The Morgan fingerprint density at radius 3 is 2.57 bits per heavy atom. The van der Waals surface area contributed by atoms with Crippen molar-refractivity contribution in [1.82, 2.24) is 0 Å². The number of hydrogen-bond acceptors (Lipinski definition) is 3. The minimum absolute atomic E-state index is 0.147. The number of methoxy groups -OCH3 is 1. The van der Waals surface area contributed by atoms with Crippen LogP contribution in [0.2, 0.25) is 5.02 Å². The van der Waals surface area contributed by atoms with Crippen LogP contribution in [0.3, 0.4) is 0 Å². The smallest absolute Gasteiger partial charge is 0.243 e. The van der Waals surface area contributed by atoms with Crippen LogP contribution >= 0.6 is 11.6 Å². The van der Waals surface area contributed by atoms with Crippen molar-refractivity contribution in [2.75, 3.05) is 24.3 Å². The summed E-state index contributed by atoms with van der Waals surface area (Å²) in [5.74, 6) is 0.395. The number of nitrogens with one attached hydrogen (secondary N) is 2. The molecule has 0 aliphatic carbocycles. The zero-order valence-corrected chi connectivity index (χ0v) is 14.5. The second-order valence-electron chi connectivity index (χ2n) is 5.45. The minimum atomic E-state index is -0.147. The van der Waals surface area contributed by atoms with E-state index in [0.29, 0.717) is 16.5 Å². The highest BCUT2D eigenvalue weighted by molar-refractivity contribution is 6.31. The molecule has 0 saturated carbocycles. The molecular formula is C18H21ClN2O2. The van der Waals surface area contributed by atoms with Crippen molar-refractivity contribution < 1.29 is 9.53 Å². The molecule has 2 rings (SSSR count). The SMILES string of the molecule is COc1cc(Cl)c(C)cc1NC(=O)CNc1cccc(C)c1C. The molecule has 0 aliphatic heterocycles. The monoisotopic (exact) mass is 332 g/mol. The van der Waals surface area contributed by atoms with Crippen molar-refractivity contribution in [3.05, 3.63) is 52.0 Å². The number of carbonyl (C=O) groups is 1. The van der Waals surface area contributed by atoms with Crippen LogP contribution in [-0.4, -0.2) is 19.6 Å². The zero-order valence-electron chi connectivity index (χ0n) is 13.8. The number of benzene rings is 2. The fourth-order valence-corrected chi connectivity index (χ4v) is 2.40. The Kier molecular flexibility index (Phi) is 5.50. The molecule has 2 N–H and O–H groups in total. The first-order chi connectivity index (χ1) is 10.9. The van der Waals surface area contributed by atoms with Gasteiger partial charge in [0.05, 0.1) is 19.3 Å². The molecule has 0 heterocycles. The van der Waals surface area contributed by atoms with Crippen molar-refractivity contribution in [3.63, 3.8) is 0 Å². The molecule has 0 aromatic heterocycles. The second kappa shape index (κ2) is 7.38. The largest absolute Gasteiger partial charge is 0.495 e. The van der Waals surface area contributed by atoms with E-state index >= 15 is 0 Å². The summed E-state index contributed by atoms with van der Waals surface area (Å²) in [6.07, 6.45) is 0. The first kappa shape index (κ1) is 17.2. The van der Waals surface area contributed by atoms with E-state index in [-0.39, 0.29) is 12.5 Å². The highest BCUT2D eigenvalue weighted by atomic mass is 35.5. The Balaban J connectivity index is 2.05. The Hall–Kier alpha value is -2.20.